The number of morpholine rings is 1. The molecule has 0 spiro atoms. The molecule has 0 aliphatic carbocycles. The van der Waals surface area contributed by atoms with Gasteiger partial charge in [-0.15, -0.1) is 0 Å². The number of aromatic nitrogens is 2. The van der Waals surface area contributed by atoms with Gasteiger partial charge in [0.2, 0.25) is 10.0 Å². The van der Waals surface area contributed by atoms with Crippen LogP contribution in [0.4, 0.5) is 0 Å². The summed E-state index contributed by atoms with van der Waals surface area (Å²) >= 11 is 6.31. The highest BCUT2D eigenvalue weighted by atomic mass is 35.5. The van der Waals surface area contributed by atoms with Gasteiger partial charge >= 0.3 is 5.97 Å². The number of sulfonamides is 1. The molecule has 1 saturated heterocycles. The molecule has 1 unspecified atom stereocenters. The van der Waals surface area contributed by atoms with Gasteiger partial charge in [-0.3, -0.25) is 4.98 Å². The molecule has 1 fully saturated rings. The van der Waals surface area contributed by atoms with Crippen molar-refractivity contribution in [2.75, 3.05) is 32.9 Å². The molecule has 0 N–H and O–H groups in total. The highest BCUT2D eigenvalue weighted by molar-refractivity contribution is 7.91. The molecule has 6 rings (SSSR count). The van der Waals surface area contributed by atoms with Crippen LogP contribution in [0, 0.1) is 0 Å². The molecule has 1 atom stereocenters. The van der Waals surface area contributed by atoms with Gasteiger partial charge in [0, 0.05) is 35.3 Å². The molecule has 1 aliphatic heterocycles. The first-order chi connectivity index (χ1) is 22.6. The number of carbonyl (C=O) groups excluding carboxylic acids is 1. The monoisotopic (exact) mass is 695 g/mol. The van der Waals surface area contributed by atoms with E-state index in [9.17, 15) is 21.6 Å². The molecular formula is C33H30ClN3O8S2. The summed E-state index contributed by atoms with van der Waals surface area (Å²) in [5.74, 6) is -0.639. The SMILES string of the molecule is CCOC(=O)c1c(S(=O)(=O)N2CCOC(COc3cncc(-c4ccccc4)c3)C2)c2cc(Cl)ccc2n1S(=O)(=O)c1ccccc1. The van der Waals surface area contributed by atoms with E-state index in [1.807, 2.05) is 36.4 Å². The summed E-state index contributed by atoms with van der Waals surface area (Å²) in [6.45, 7) is 1.28. The number of fused-ring (bicyclic) bond motifs is 1. The summed E-state index contributed by atoms with van der Waals surface area (Å²) in [6.07, 6.45) is 2.59. The molecule has 2 aromatic heterocycles. The summed E-state index contributed by atoms with van der Waals surface area (Å²) in [7, 11) is -9.02. The number of nitrogens with zero attached hydrogens (tertiary/aromatic N) is 3. The van der Waals surface area contributed by atoms with E-state index in [0.29, 0.717) is 5.75 Å². The fourth-order valence-electron chi connectivity index (χ4n) is 5.41. The second kappa shape index (κ2) is 13.5. The third-order valence-corrected chi connectivity index (χ3v) is 11.4. The van der Waals surface area contributed by atoms with Gasteiger partial charge in [0.05, 0.1) is 29.8 Å². The average molecular weight is 696 g/mol. The normalized spacial score (nSPS) is 15.8. The Morgan fingerprint density at radius 3 is 2.38 bits per heavy atom. The van der Waals surface area contributed by atoms with Gasteiger partial charge in [-0.25, -0.2) is 25.6 Å². The van der Waals surface area contributed by atoms with Crippen LogP contribution >= 0.6 is 11.6 Å². The lowest BCUT2D eigenvalue weighted by molar-refractivity contribution is -0.0249. The molecule has 0 radical (unpaired) electrons. The largest absolute Gasteiger partial charge is 0.489 e. The van der Waals surface area contributed by atoms with E-state index in [1.165, 1.54) is 42.5 Å². The van der Waals surface area contributed by atoms with Crippen molar-refractivity contribution in [3.63, 3.8) is 0 Å². The third kappa shape index (κ3) is 6.49. The van der Waals surface area contributed by atoms with Crippen molar-refractivity contribution >= 4 is 48.5 Å². The van der Waals surface area contributed by atoms with Gasteiger partial charge in [0.15, 0.2) is 5.69 Å². The zero-order chi connectivity index (χ0) is 33.2. The second-order valence-electron chi connectivity index (χ2n) is 10.6. The summed E-state index contributed by atoms with van der Waals surface area (Å²) in [4.78, 5) is 17.1. The van der Waals surface area contributed by atoms with Crippen molar-refractivity contribution in [1.29, 1.82) is 0 Å². The van der Waals surface area contributed by atoms with Crippen LogP contribution in [0.5, 0.6) is 5.75 Å². The lowest BCUT2D eigenvalue weighted by atomic mass is 10.1. The number of hydrogen-bond donors (Lipinski definition) is 0. The van der Waals surface area contributed by atoms with E-state index in [0.717, 1.165) is 19.4 Å². The lowest BCUT2D eigenvalue weighted by Crippen LogP contribution is -2.47. The van der Waals surface area contributed by atoms with Crippen molar-refractivity contribution < 1.29 is 35.8 Å². The number of rotatable bonds is 10. The Bertz CT molecular complexity index is 2140. The molecule has 11 nitrogen and oxygen atoms in total. The van der Waals surface area contributed by atoms with Gasteiger partial charge in [-0.1, -0.05) is 60.1 Å². The smallest absolute Gasteiger partial charge is 0.357 e. The molecule has 0 saturated carbocycles. The molecular weight excluding hydrogens is 666 g/mol. The maximum atomic E-state index is 14.5. The molecule has 3 heterocycles. The molecule has 14 heteroatoms. The fraction of sp³-hybridized carbons (Fsp3) is 0.212. The van der Waals surface area contributed by atoms with E-state index >= 15 is 0 Å². The van der Waals surface area contributed by atoms with Crippen molar-refractivity contribution in [3.8, 4) is 16.9 Å². The molecule has 1 aliphatic rings. The number of halogens is 1. The number of benzene rings is 3. The van der Waals surface area contributed by atoms with Crippen LogP contribution < -0.4 is 4.74 Å². The van der Waals surface area contributed by atoms with Gasteiger partial charge in [0.25, 0.3) is 10.0 Å². The Labute approximate surface area is 277 Å². The van der Waals surface area contributed by atoms with Crippen molar-refractivity contribution in [2.45, 2.75) is 22.8 Å². The minimum absolute atomic E-state index is 0.00660. The van der Waals surface area contributed by atoms with E-state index < -0.39 is 42.7 Å². The predicted octanol–water partition coefficient (Wildman–Crippen LogP) is 5.24. The molecule has 0 amide bonds. The first kappa shape index (κ1) is 32.7. The Morgan fingerprint density at radius 2 is 1.66 bits per heavy atom. The summed E-state index contributed by atoms with van der Waals surface area (Å²) in [5.41, 5.74) is 1.13. The van der Waals surface area contributed by atoms with Crippen LogP contribution in [0.15, 0.2) is 107 Å². The van der Waals surface area contributed by atoms with Gasteiger partial charge < -0.3 is 14.2 Å². The van der Waals surface area contributed by atoms with E-state index in [4.69, 9.17) is 25.8 Å². The zero-order valence-electron chi connectivity index (χ0n) is 25.2. The Hall–Kier alpha value is -4.27. The second-order valence-corrected chi connectivity index (χ2v) is 14.7. The van der Waals surface area contributed by atoms with Crippen LogP contribution in [0.3, 0.4) is 0 Å². The Balaban J connectivity index is 1.37. The lowest BCUT2D eigenvalue weighted by Gasteiger charge is -2.32. The number of carbonyl (C=O) groups is 1. The Morgan fingerprint density at radius 1 is 0.936 bits per heavy atom. The molecule has 5 aromatic rings. The standard InChI is InChI=1S/C33H30ClN3O8S2/c1-2-43-33(38)31-32(29-18-25(34)13-14-30(29)37(31)46(39,40)28-11-7-4-8-12-28)47(41,42)36-15-16-44-27(21-36)22-45-26-17-24(19-35-20-26)23-9-5-3-6-10-23/h3-14,17-20,27H,2,15-16,21-22H2,1H3. The molecule has 0 bridgehead atoms. The van der Waals surface area contributed by atoms with Gasteiger partial charge in [-0.2, -0.15) is 4.31 Å². The van der Waals surface area contributed by atoms with Crippen LogP contribution in [0.2, 0.25) is 5.02 Å². The highest BCUT2D eigenvalue weighted by Gasteiger charge is 2.41. The first-order valence-corrected chi connectivity index (χ1v) is 17.9. The van der Waals surface area contributed by atoms with Crippen molar-refractivity contribution in [3.05, 3.63) is 108 Å². The number of ether oxygens (including phenoxy) is 3. The van der Waals surface area contributed by atoms with E-state index in [1.54, 1.807) is 25.4 Å². The van der Waals surface area contributed by atoms with Crippen LogP contribution in [0.1, 0.15) is 17.4 Å². The summed E-state index contributed by atoms with van der Waals surface area (Å²) in [6, 6.07) is 23.0. The highest BCUT2D eigenvalue weighted by Crippen LogP contribution is 2.37. The minimum atomic E-state index is -4.54. The maximum Gasteiger partial charge on any atom is 0.357 e. The topological polar surface area (TPSA) is 134 Å². The van der Waals surface area contributed by atoms with Gasteiger partial charge in [0.1, 0.15) is 23.4 Å². The zero-order valence-corrected chi connectivity index (χ0v) is 27.5. The van der Waals surface area contributed by atoms with Crippen LogP contribution in [0.25, 0.3) is 22.0 Å². The van der Waals surface area contributed by atoms with Gasteiger partial charge in [-0.05, 0) is 48.9 Å². The summed E-state index contributed by atoms with van der Waals surface area (Å²) < 4.78 is 76.0. The number of esters is 1. The average Bonchev–Trinajstić information content (AvgIpc) is 3.45. The van der Waals surface area contributed by atoms with E-state index in [2.05, 4.69) is 4.98 Å². The van der Waals surface area contributed by atoms with Crippen molar-refractivity contribution in [1.82, 2.24) is 13.3 Å². The van der Waals surface area contributed by atoms with E-state index in [-0.39, 0.29) is 53.7 Å². The van der Waals surface area contributed by atoms with Crippen molar-refractivity contribution in [2.24, 2.45) is 0 Å². The van der Waals surface area contributed by atoms with Crippen LogP contribution in [-0.2, 0) is 29.5 Å². The number of hydrogen-bond acceptors (Lipinski definition) is 9. The summed E-state index contributed by atoms with van der Waals surface area (Å²) in [5, 5.41) is 0.112. The quantitative estimate of drug-likeness (QED) is 0.180. The third-order valence-electron chi connectivity index (χ3n) is 7.55. The predicted molar refractivity (Wildman–Crippen MR) is 176 cm³/mol. The van der Waals surface area contributed by atoms with Crippen LogP contribution in [-0.4, -0.2) is 75.1 Å². The Kier molecular flexibility index (Phi) is 9.35. The molecule has 47 heavy (non-hydrogen) atoms. The number of pyridine rings is 1. The fourth-order valence-corrected chi connectivity index (χ4v) is 8.97. The maximum absolute atomic E-state index is 14.5. The molecule has 244 valence electrons. The first-order valence-electron chi connectivity index (χ1n) is 14.7. The molecule has 3 aromatic carbocycles. The minimum Gasteiger partial charge on any atom is -0.489 e.